The van der Waals surface area contributed by atoms with Crippen molar-refractivity contribution in [2.24, 2.45) is 5.92 Å². The van der Waals surface area contributed by atoms with E-state index >= 15 is 0 Å². The van der Waals surface area contributed by atoms with Crippen molar-refractivity contribution in [2.75, 3.05) is 25.6 Å². The summed E-state index contributed by atoms with van der Waals surface area (Å²) in [6.45, 7) is 8.78. The lowest BCUT2D eigenvalue weighted by Gasteiger charge is -2.20. The first-order valence-corrected chi connectivity index (χ1v) is 17.7. The molecule has 0 spiro atoms. The minimum absolute atomic E-state index is 0.0608. The van der Waals surface area contributed by atoms with Crippen LogP contribution >= 0.6 is 0 Å². The Morgan fingerprint density at radius 2 is 1.71 bits per heavy atom. The van der Waals surface area contributed by atoms with Gasteiger partial charge in [-0.25, -0.2) is 19.4 Å². The van der Waals surface area contributed by atoms with Gasteiger partial charge in [0.25, 0.3) is 5.91 Å². The molecule has 6 N–H and O–H groups in total. The van der Waals surface area contributed by atoms with Crippen LogP contribution in [0.5, 0.6) is 5.75 Å². The van der Waals surface area contributed by atoms with Gasteiger partial charge in [-0.1, -0.05) is 12.7 Å². The molecule has 1 aliphatic carbocycles. The molecule has 1 fully saturated rings. The third-order valence-electron chi connectivity index (χ3n) is 8.11. The smallest absolute Gasteiger partial charge is 0.496 e. The summed E-state index contributed by atoms with van der Waals surface area (Å²) in [7, 11) is 1.42. The number of amides is 2. The zero-order valence-electron chi connectivity index (χ0n) is 31.4. The Kier molecular flexibility index (Phi) is 15.0. The minimum Gasteiger partial charge on any atom is -0.496 e. The number of aliphatic hydroxyl groups excluding tert-OH is 1. The van der Waals surface area contributed by atoms with Crippen molar-refractivity contribution >= 4 is 47.7 Å². The summed E-state index contributed by atoms with van der Waals surface area (Å²) in [5.41, 5.74) is 1.20. The van der Waals surface area contributed by atoms with Crippen LogP contribution in [0.2, 0.25) is 0 Å². The van der Waals surface area contributed by atoms with Crippen LogP contribution in [0.15, 0.2) is 55.1 Å². The van der Waals surface area contributed by atoms with Crippen molar-refractivity contribution in [1.82, 2.24) is 15.6 Å². The third kappa shape index (κ3) is 12.4. The van der Waals surface area contributed by atoms with E-state index in [4.69, 9.17) is 34.2 Å². The predicted octanol–water partition coefficient (Wildman–Crippen LogP) is 5.62. The lowest BCUT2D eigenvalue weighted by atomic mass is 9.94. The van der Waals surface area contributed by atoms with Crippen molar-refractivity contribution in [3.8, 4) is 16.9 Å². The number of pyridine rings is 1. The number of hydrogen-bond acceptors (Lipinski definition) is 14. The molecule has 1 aliphatic rings. The molecule has 17 heteroatoms. The molecule has 17 nitrogen and oxygen atoms in total. The number of amidine groups is 1. The second-order valence-electron chi connectivity index (χ2n) is 12.9. The van der Waals surface area contributed by atoms with Gasteiger partial charge in [0.1, 0.15) is 17.8 Å². The fourth-order valence-electron chi connectivity index (χ4n) is 5.15. The lowest BCUT2D eigenvalue weighted by molar-refractivity contribution is -0.137. The summed E-state index contributed by atoms with van der Waals surface area (Å²) in [5.74, 6) is -2.23. The topological polar surface area (TPSA) is 245 Å². The average molecular weight is 776 g/mol. The van der Waals surface area contributed by atoms with Crippen molar-refractivity contribution in [3.05, 3.63) is 83.2 Å². The van der Waals surface area contributed by atoms with E-state index in [0.29, 0.717) is 29.5 Å². The van der Waals surface area contributed by atoms with Gasteiger partial charge >= 0.3 is 24.2 Å². The largest absolute Gasteiger partial charge is 0.511 e. The molecule has 2 atom stereocenters. The number of carboxylic acid groups (broad SMARTS) is 1. The number of aromatic nitrogens is 1. The van der Waals surface area contributed by atoms with Crippen molar-refractivity contribution in [1.29, 1.82) is 5.41 Å². The normalized spacial score (nSPS) is 13.1. The van der Waals surface area contributed by atoms with Gasteiger partial charge in [0.2, 0.25) is 6.29 Å². The molecule has 1 saturated carbocycles. The molecule has 298 valence electrons. The highest BCUT2D eigenvalue weighted by Gasteiger charge is 2.28. The zero-order valence-corrected chi connectivity index (χ0v) is 31.4. The maximum absolute atomic E-state index is 14.0. The first kappa shape index (κ1) is 42.4. The summed E-state index contributed by atoms with van der Waals surface area (Å²) in [5, 5.41) is 35.8. The summed E-state index contributed by atoms with van der Waals surface area (Å²) < 4.78 is 25.9. The zero-order chi connectivity index (χ0) is 40.9. The van der Waals surface area contributed by atoms with Crippen LogP contribution in [0, 0.1) is 11.3 Å². The Bertz CT molecular complexity index is 1940. The van der Waals surface area contributed by atoms with E-state index in [9.17, 15) is 29.1 Å². The highest BCUT2D eigenvalue weighted by atomic mass is 16.8. The number of anilines is 1. The van der Waals surface area contributed by atoms with Gasteiger partial charge in [-0.15, -0.1) is 0 Å². The van der Waals surface area contributed by atoms with Crippen molar-refractivity contribution < 1.29 is 57.9 Å². The molecule has 1 aromatic heterocycles. The summed E-state index contributed by atoms with van der Waals surface area (Å²) >= 11 is 0. The Morgan fingerprint density at radius 1 is 1.00 bits per heavy atom. The predicted molar refractivity (Wildman–Crippen MR) is 202 cm³/mol. The number of alkyl carbamates (subject to hydrolysis) is 1. The Morgan fingerprint density at radius 3 is 2.34 bits per heavy atom. The molecule has 2 amide bonds. The van der Waals surface area contributed by atoms with Gasteiger partial charge in [-0.2, -0.15) is 0 Å². The van der Waals surface area contributed by atoms with Gasteiger partial charge < -0.3 is 39.2 Å². The van der Waals surface area contributed by atoms with Crippen LogP contribution in [0.1, 0.15) is 90.3 Å². The molecule has 0 radical (unpaired) electrons. The van der Waals surface area contributed by atoms with E-state index in [0.717, 1.165) is 12.8 Å². The van der Waals surface area contributed by atoms with Gasteiger partial charge in [0.05, 0.1) is 25.5 Å². The Balaban J connectivity index is 1.64. The van der Waals surface area contributed by atoms with Gasteiger partial charge in [0.15, 0.2) is 5.69 Å². The van der Waals surface area contributed by atoms with Crippen LogP contribution in [-0.2, 0) is 23.7 Å². The number of esters is 1. The number of aliphatic carboxylic acids is 1. The molecule has 0 bridgehead atoms. The molecule has 2 unspecified atom stereocenters. The maximum Gasteiger partial charge on any atom is 0.511 e. The quantitative estimate of drug-likeness (QED) is 0.0229. The summed E-state index contributed by atoms with van der Waals surface area (Å²) in [6, 6.07) is 12.0. The number of rotatable bonds is 18. The fourth-order valence-corrected chi connectivity index (χ4v) is 5.15. The minimum atomic E-state index is -1.40. The lowest BCUT2D eigenvalue weighted by Crippen LogP contribution is -2.31. The maximum atomic E-state index is 14.0. The van der Waals surface area contributed by atoms with E-state index in [2.05, 4.69) is 27.5 Å². The molecule has 0 saturated heterocycles. The molecule has 56 heavy (non-hydrogen) atoms. The number of carboxylic acids is 1. The highest BCUT2D eigenvalue weighted by molar-refractivity contribution is 6.11. The molecule has 3 aromatic rings. The highest BCUT2D eigenvalue weighted by Crippen LogP contribution is 2.35. The van der Waals surface area contributed by atoms with Crippen molar-refractivity contribution in [3.63, 3.8) is 0 Å². The van der Waals surface area contributed by atoms with Crippen molar-refractivity contribution in [2.45, 2.75) is 65.1 Å². The standard InChI is InChI=1S/C39H45N5O12/c1-6-24-18-29(35(47)42-26-13-11-25(12-14-26)34(40)44-38(50)53-17-7-8-32(45)46)28(19-31(24)52-5)27-15-16-30(36(48)41-20-23-9-10-23)43-33(27)37(49)55-22(4)56-39(51)54-21(2)3/h6,11-16,18-19,21-23,36,41,48H,1,7-10,17,20H2,2-5H3,(H,42,47)(H,45,46)(H2,40,44,50). The van der Waals surface area contributed by atoms with Crippen LogP contribution in [0.3, 0.4) is 0 Å². The number of nitrogens with zero attached hydrogens (tertiary/aromatic N) is 1. The number of carbonyl (C=O) groups excluding carboxylic acids is 4. The molecule has 2 aromatic carbocycles. The third-order valence-corrected chi connectivity index (χ3v) is 8.11. The summed E-state index contributed by atoms with van der Waals surface area (Å²) in [6.07, 6.45) is -1.60. The van der Waals surface area contributed by atoms with Crippen LogP contribution in [0.4, 0.5) is 15.3 Å². The number of nitrogens with one attached hydrogen (secondary N) is 4. The molecular formula is C39H45N5O12. The van der Waals surface area contributed by atoms with Crippen LogP contribution in [0.25, 0.3) is 17.2 Å². The number of carbonyl (C=O) groups is 5. The van der Waals surface area contributed by atoms with Crippen LogP contribution in [-0.4, -0.2) is 83.8 Å². The first-order chi connectivity index (χ1) is 26.7. The number of ether oxygens (including phenoxy) is 5. The average Bonchev–Trinajstić information content (AvgIpc) is 3.99. The molecular weight excluding hydrogens is 730 g/mol. The second kappa shape index (κ2) is 19.8. The first-order valence-electron chi connectivity index (χ1n) is 17.7. The number of aliphatic hydroxyl groups is 1. The Hall–Kier alpha value is -6.33. The number of benzene rings is 2. The molecule has 1 heterocycles. The van der Waals surface area contributed by atoms with Gasteiger partial charge in [-0.3, -0.25) is 25.6 Å². The SMILES string of the molecule is C=Cc1cc(C(=O)Nc2ccc(C(=N)NC(=O)OCCCC(=O)O)cc2)c(-c2ccc(C(O)NCC3CC3)nc2C(=O)OC(C)OC(=O)OC(C)C)cc1OC. The number of methoxy groups -OCH3 is 1. The number of hydrogen-bond donors (Lipinski definition) is 6. The molecule has 4 rings (SSSR count). The van der Waals surface area contributed by atoms with Crippen LogP contribution < -0.4 is 20.7 Å². The monoisotopic (exact) mass is 775 g/mol. The van der Waals surface area contributed by atoms with E-state index in [1.165, 1.54) is 68.6 Å². The molecule has 0 aliphatic heterocycles. The van der Waals surface area contributed by atoms with Gasteiger partial charge in [0, 0.05) is 53.4 Å². The second-order valence-corrected chi connectivity index (χ2v) is 12.9. The van der Waals surface area contributed by atoms with E-state index < -0.39 is 48.7 Å². The fraction of sp³-hybridized carbons (Fsp3) is 0.359. The summed E-state index contributed by atoms with van der Waals surface area (Å²) in [4.78, 5) is 67.0. The van der Waals surface area contributed by atoms with E-state index in [-0.39, 0.29) is 58.9 Å². The van der Waals surface area contributed by atoms with E-state index in [1.54, 1.807) is 13.8 Å². The van der Waals surface area contributed by atoms with Gasteiger partial charge in [-0.05, 0) is 87.6 Å². The Labute approximate surface area is 322 Å². The van der Waals surface area contributed by atoms with E-state index in [1.807, 2.05) is 0 Å².